The van der Waals surface area contributed by atoms with E-state index in [1.54, 1.807) is 6.20 Å². The maximum absolute atomic E-state index is 5.23. The number of aromatic nitrogens is 7. The molecule has 7 heteroatoms. The molecule has 0 radical (unpaired) electrons. The van der Waals surface area contributed by atoms with Gasteiger partial charge in [0.1, 0.15) is 0 Å². The summed E-state index contributed by atoms with van der Waals surface area (Å²) in [5.74, 6) is 1.85. The van der Waals surface area contributed by atoms with Crippen molar-refractivity contribution in [2.75, 3.05) is 0 Å². The topological polar surface area (TPSA) is 93.1 Å². The molecule has 0 fully saturated rings. The van der Waals surface area contributed by atoms with Gasteiger partial charge in [-0.2, -0.15) is 0 Å². The number of pyridine rings is 3. The minimum absolute atomic E-state index is 0.598. The molecule has 0 spiro atoms. The smallest absolute Gasteiger partial charge is 0.164 e. The number of hydrogen-bond donors (Lipinski definition) is 1. The van der Waals surface area contributed by atoms with Gasteiger partial charge in [-0.3, -0.25) is 9.97 Å². The SMILES string of the molecule is c1ccc(-c2nc(-c3ccccc3)nc(-c3cccc(-c4cc5ccccc5c(-c5cc6[nH]c7cnccc7c6cn5)n4)c3)n2)cc1. The lowest BCUT2D eigenvalue weighted by Gasteiger charge is -2.11. The highest BCUT2D eigenvalue weighted by molar-refractivity contribution is 6.07. The number of nitrogens with one attached hydrogen (secondary N) is 1. The Morgan fingerprint density at radius 1 is 0.426 bits per heavy atom. The van der Waals surface area contributed by atoms with E-state index in [1.165, 1.54) is 0 Å². The maximum Gasteiger partial charge on any atom is 0.164 e. The number of benzene rings is 4. The van der Waals surface area contributed by atoms with Gasteiger partial charge in [0.15, 0.2) is 17.5 Å². The molecular formula is C40H25N7. The Balaban J connectivity index is 1.19. The fourth-order valence-corrected chi connectivity index (χ4v) is 6.07. The van der Waals surface area contributed by atoms with Crippen LogP contribution in [0.3, 0.4) is 0 Å². The summed E-state index contributed by atoms with van der Waals surface area (Å²) in [6.45, 7) is 0. The summed E-state index contributed by atoms with van der Waals surface area (Å²) in [5.41, 5.74) is 8.12. The fourth-order valence-electron chi connectivity index (χ4n) is 6.07. The first-order valence-electron chi connectivity index (χ1n) is 15.4. The zero-order chi connectivity index (χ0) is 31.2. The van der Waals surface area contributed by atoms with Crippen LogP contribution in [0.25, 0.3) is 89.4 Å². The Morgan fingerprint density at radius 2 is 1.09 bits per heavy atom. The van der Waals surface area contributed by atoms with E-state index in [2.05, 4.69) is 52.4 Å². The predicted molar refractivity (Wildman–Crippen MR) is 187 cm³/mol. The minimum atomic E-state index is 0.598. The Bertz CT molecular complexity index is 2520. The Hall–Kier alpha value is -6.60. The molecule has 0 aliphatic heterocycles. The maximum atomic E-state index is 5.23. The number of H-pyrrole nitrogens is 1. The molecule has 5 aromatic heterocycles. The number of nitrogens with zero attached hydrogens (tertiary/aromatic N) is 6. The van der Waals surface area contributed by atoms with Crippen molar-refractivity contribution >= 4 is 32.6 Å². The Morgan fingerprint density at radius 3 is 1.85 bits per heavy atom. The minimum Gasteiger partial charge on any atom is -0.353 e. The van der Waals surface area contributed by atoms with Gasteiger partial charge < -0.3 is 4.98 Å². The molecule has 0 saturated heterocycles. The van der Waals surface area contributed by atoms with E-state index in [0.29, 0.717) is 17.5 Å². The Labute approximate surface area is 269 Å². The summed E-state index contributed by atoms with van der Waals surface area (Å²) in [4.78, 5) is 32.6. The third-order valence-electron chi connectivity index (χ3n) is 8.38. The van der Waals surface area contributed by atoms with Crippen LogP contribution < -0.4 is 0 Å². The summed E-state index contributed by atoms with van der Waals surface area (Å²) >= 11 is 0. The van der Waals surface area contributed by atoms with Gasteiger partial charge in [-0.05, 0) is 29.7 Å². The van der Waals surface area contributed by atoms with Crippen molar-refractivity contribution in [3.8, 4) is 56.8 Å². The van der Waals surface area contributed by atoms with Crippen LogP contribution in [0.1, 0.15) is 0 Å². The van der Waals surface area contributed by atoms with Crippen molar-refractivity contribution in [2.24, 2.45) is 0 Å². The summed E-state index contributed by atoms with van der Waals surface area (Å²) in [5, 5.41) is 4.27. The van der Waals surface area contributed by atoms with Crippen LogP contribution in [-0.4, -0.2) is 34.9 Å². The molecule has 0 atom stereocenters. The summed E-state index contributed by atoms with van der Waals surface area (Å²) in [6, 6.07) is 42.8. The van der Waals surface area contributed by atoms with Crippen LogP contribution in [0, 0.1) is 0 Å². The van der Waals surface area contributed by atoms with Crippen LogP contribution in [0.5, 0.6) is 0 Å². The molecule has 220 valence electrons. The highest BCUT2D eigenvalue weighted by atomic mass is 15.0. The quantitative estimate of drug-likeness (QED) is 0.211. The molecule has 5 heterocycles. The second-order valence-corrected chi connectivity index (χ2v) is 11.4. The molecule has 0 unspecified atom stereocenters. The second-order valence-electron chi connectivity index (χ2n) is 11.4. The summed E-state index contributed by atoms with van der Waals surface area (Å²) in [6.07, 6.45) is 5.56. The number of hydrogen-bond acceptors (Lipinski definition) is 6. The normalized spacial score (nSPS) is 11.4. The van der Waals surface area contributed by atoms with Crippen molar-refractivity contribution in [3.63, 3.8) is 0 Å². The van der Waals surface area contributed by atoms with E-state index in [1.807, 2.05) is 97.3 Å². The predicted octanol–water partition coefficient (Wildman–Crippen LogP) is 9.18. The average molecular weight is 604 g/mol. The fraction of sp³-hybridized carbons (Fsp3) is 0. The van der Waals surface area contributed by atoms with Crippen LogP contribution >= 0.6 is 0 Å². The lowest BCUT2D eigenvalue weighted by molar-refractivity contribution is 1.07. The van der Waals surface area contributed by atoms with Gasteiger partial charge >= 0.3 is 0 Å². The highest BCUT2D eigenvalue weighted by Crippen LogP contribution is 2.34. The van der Waals surface area contributed by atoms with Crippen LogP contribution in [-0.2, 0) is 0 Å². The number of fused-ring (bicyclic) bond motifs is 4. The summed E-state index contributed by atoms with van der Waals surface area (Å²) in [7, 11) is 0. The van der Waals surface area contributed by atoms with E-state index in [-0.39, 0.29) is 0 Å². The van der Waals surface area contributed by atoms with Gasteiger partial charge in [-0.1, -0.05) is 103 Å². The van der Waals surface area contributed by atoms with E-state index < -0.39 is 0 Å². The van der Waals surface area contributed by atoms with Crippen molar-refractivity contribution in [1.29, 1.82) is 0 Å². The van der Waals surface area contributed by atoms with Crippen LogP contribution in [0.2, 0.25) is 0 Å². The largest absolute Gasteiger partial charge is 0.353 e. The van der Waals surface area contributed by atoms with Gasteiger partial charge in [0, 0.05) is 50.8 Å². The summed E-state index contributed by atoms with van der Waals surface area (Å²) < 4.78 is 0. The lowest BCUT2D eigenvalue weighted by Crippen LogP contribution is -2.00. The molecule has 0 aliphatic carbocycles. The van der Waals surface area contributed by atoms with E-state index in [9.17, 15) is 0 Å². The molecular weight excluding hydrogens is 578 g/mol. The zero-order valence-electron chi connectivity index (χ0n) is 25.0. The van der Waals surface area contributed by atoms with Gasteiger partial charge in [-0.25, -0.2) is 19.9 Å². The third kappa shape index (κ3) is 4.87. The van der Waals surface area contributed by atoms with E-state index in [4.69, 9.17) is 24.9 Å². The molecule has 4 aromatic carbocycles. The van der Waals surface area contributed by atoms with Crippen molar-refractivity contribution < 1.29 is 0 Å². The first kappa shape index (κ1) is 26.8. The highest BCUT2D eigenvalue weighted by Gasteiger charge is 2.16. The average Bonchev–Trinajstić information content (AvgIpc) is 3.53. The van der Waals surface area contributed by atoms with Gasteiger partial charge in [0.05, 0.1) is 34.3 Å². The molecule has 1 N–H and O–H groups in total. The lowest BCUT2D eigenvalue weighted by atomic mass is 10.0. The first-order chi connectivity index (χ1) is 23.3. The standard InChI is InChI=1S/C40H25N7/c1-3-10-25(11-4-1)38-45-39(26-12-5-2-6-13-26)47-40(46-38)29-16-9-15-28(20-29)33-21-27-14-7-8-17-30(27)37(44-33)35-22-34-32(23-42-35)31-18-19-41-24-36(31)43-34/h1-24,43H. The van der Waals surface area contributed by atoms with Gasteiger partial charge in [0.25, 0.3) is 0 Å². The third-order valence-corrected chi connectivity index (χ3v) is 8.38. The van der Waals surface area contributed by atoms with Crippen molar-refractivity contribution in [3.05, 3.63) is 146 Å². The van der Waals surface area contributed by atoms with Crippen LogP contribution in [0.15, 0.2) is 146 Å². The van der Waals surface area contributed by atoms with Gasteiger partial charge in [-0.15, -0.1) is 0 Å². The Kier molecular flexibility index (Phi) is 6.31. The molecule has 9 rings (SSSR count). The molecule has 47 heavy (non-hydrogen) atoms. The van der Waals surface area contributed by atoms with Crippen molar-refractivity contribution in [1.82, 2.24) is 34.9 Å². The molecule has 0 bridgehead atoms. The van der Waals surface area contributed by atoms with Crippen molar-refractivity contribution in [2.45, 2.75) is 0 Å². The van der Waals surface area contributed by atoms with Crippen LogP contribution in [0.4, 0.5) is 0 Å². The van der Waals surface area contributed by atoms with Gasteiger partial charge in [0.2, 0.25) is 0 Å². The number of rotatable bonds is 5. The molecule has 0 amide bonds. The number of aromatic amines is 1. The molecule has 9 aromatic rings. The van der Waals surface area contributed by atoms with E-state index >= 15 is 0 Å². The molecule has 0 saturated carbocycles. The van der Waals surface area contributed by atoms with E-state index in [0.717, 1.165) is 71.9 Å². The monoisotopic (exact) mass is 603 g/mol. The molecule has 0 aliphatic rings. The second kappa shape index (κ2) is 11.1. The zero-order valence-corrected chi connectivity index (χ0v) is 25.0. The first-order valence-corrected chi connectivity index (χ1v) is 15.4. The molecule has 7 nitrogen and oxygen atoms in total.